The third kappa shape index (κ3) is 8.38. The number of benzene rings is 2. The lowest BCUT2D eigenvalue weighted by molar-refractivity contribution is -0.539. The molecule has 3 aliphatic rings. The van der Waals surface area contributed by atoms with Crippen LogP contribution < -0.4 is 14.9 Å². The SMILES string of the molecule is CC(C)OC(=O)[C@H](C)[NH2+]P(=O)(Cc1ccc2sc(C(=O)N[C@H]3CCC[C@H]4CC[C@@H](C(=O)N5CC(c6cccnc6)C5)N4C3=O)cc2c1)Oc1ccccc1. The molecule has 12 nitrogen and oxygen atoms in total. The second-order valence-electron chi connectivity index (χ2n) is 14.9. The van der Waals surface area contributed by atoms with E-state index in [4.69, 9.17) is 9.26 Å². The standard InChI is InChI=1S/C40H46N5O7PS/c1-25(2)51-40(49)26(3)43-53(50,52-32-11-5-4-6-12-32)24-27-14-17-35-29(19-27)20-36(54-35)37(46)42-33-13-7-10-31-15-16-34(45(31)38(33)47)39(48)44-22-30(23-44)28-9-8-18-41-21-28/h4-6,8-9,11-12,14,17-21,25-26,30-31,33-34H,7,10,13,15-16,22-24H2,1-3H3,(H,42,46)(H,43,50)/p+1/t26-,31-,33-,34-,53?/m0/s1. The maximum atomic E-state index is 14.3. The number of carbonyl (C=O) groups is 4. The van der Waals surface area contributed by atoms with Crippen LogP contribution in [0.25, 0.3) is 10.1 Å². The number of pyridine rings is 1. The number of thiophene rings is 1. The van der Waals surface area contributed by atoms with Crippen LogP contribution in [0, 0.1) is 0 Å². The highest BCUT2D eigenvalue weighted by atomic mass is 32.1. The largest absolute Gasteiger partial charge is 0.459 e. The van der Waals surface area contributed by atoms with Crippen molar-refractivity contribution in [2.75, 3.05) is 13.1 Å². The lowest BCUT2D eigenvalue weighted by Crippen LogP contribution is -2.87. The number of nitrogens with zero attached hydrogens (tertiary/aromatic N) is 3. The van der Waals surface area contributed by atoms with E-state index in [1.54, 1.807) is 62.2 Å². The Morgan fingerprint density at radius 3 is 2.54 bits per heavy atom. The van der Waals surface area contributed by atoms with Crippen molar-refractivity contribution in [1.82, 2.24) is 20.1 Å². The van der Waals surface area contributed by atoms with Gasteiger partial charge in [-0.25, -0.2) is 9.36 Å². The first-order valence-electron chi connectivity index (χ1n) is 18.7. The number of amides is 3. The number of quaternary nitrogens is 1. The molecule has 3 saturated heterocycles. The molecule has 14 heteroatoms. The number of hydrogen-bond acceptors (Lipinski definition) is 9. The molecular weight excluding hydrogens is 726 g/mol. The van der Waals surface area contributed by atoms with Gasteiger partial charge in [-0.2, -0.15) is 0 Å². The third-order valence-electron chi connectivity index (χ3n) is 10.4. The average molecular weight is 773 g/mol. The molecule has 7 rings (SSSR count). The van der Waals surface area contributed by atoms with Crippen LogP contribution >= 0.6 is 18.9 Å². The van der Waals surface area contributed by atoms with E-state index in [-0.39, 0.29) is 41.9 Å². The monoisotopic (exact) mass is 772 g/mol. The van der Waals surface area contributed by atoms with Crippen LogP contribution in [0.2, 0.25) is 0 Å². The Balaban J connectivity index is 1.02. The van der Waals surface area contributed by atoms with Gasteiger partial charge < -0.3 is 24.4 Å². The smallest absolute Gasteiger partial charge is 0.433 e. The zero-order chi connectivity index (χ0) is 38.0. The first kappa shape index (κ1) is 37.7. The number of ether oxygens (including phenoxy) is 1. The van der Waals surface area contributed by atoms with E-state index in [0.717, 1.165) is 40.5 Å². The van der Waals surface area contributed by atoms with Crippen LogP contribution in [0.3, 0.4) is 0 Å². The number of para-hydroxylation sites is 1. The van der Waals surface area contributed by atoms with E-state index in [1.807, 2.05) is 47.5 Å². The Morgan fingerprint density at radius 1 is 1.00 bits per heavy atom. The summed E-state index contributed by atoms with van der Waals surface area (Å²) in [6, 6.07) is 18.2. The predicted molar refractivity (Wildman–Crippen MR) is 205 cm³/mol. The van der Waals surface area contributed by atoms with E-state index >= 15 is 0 Å². The summed E-state index contributed by atoms with van der Waals surface area (Å²) >= 11 is 1.32. The molecular formula is C40H47N5O7PS+. The van der Waals surface area contributed by atoms with Crippen molar-refractivity contribution in [2.24, 2.45) is 0 Å². The average Bonchev–Trinajstić information content (AvgIpc) is 3.71. The summed E-state index contributed by atoms with van der Waals surface area (Å²) in [4.78, 5) is 62.3. The fourth-order valence-electron chi connectivity index (χ4n) is 7.74. The number of aromatic nitrogens is 1. The second kappa shape index (κ2) is 16.0. The molecule has 3 amide bonds. The Labute approximate surface area is 319 Å². The van der Waals surface area contributed by atoms with Crippen LogP contribution in [0.15, 0.2) is 79.1 Å². The van der Waals surface area contributed by atoms with Crippen LogP contribution in [0.1, 0.15) is 79.6 Å². The molecule has 284 valence electrons. The summed E-state index contributed by atoms with van der Waals surface area (Å²) in [6.07, 6.45) is 6.81. The maximum Gasteiger partial charge on any atom is 0.433 e. The van der Waals surface area contributed by atoms with Gasteiger partial charge in [-0.3, -0.25) is 24.5 Å². The van der Waals surface area contributed by atoms with Crippen LogP contribution in [0.4, 0.5) is 0 Å². The van der Waals surface area contributed by atoms with Gasteiger partial charge in [0.1, 0.15) is 24.0 Å². The second-order valence-corrected chi connectivity index (χ2v) is 18.2. The van der Waals surface area contributed by atoms with Crippen molar-refractivity contribution in [3.05, 3.63) is 95.1 Å². The molecule has 4 aromatic rings. The summed E-state index contributed by atoms with van der Waals surface area (Å²) in [7, 11) is -3.56. The van der Waals surface area contributed by atoms with Gasteiger partial charge in [0.25, 0.3) is 5.91 Å². The number of hydrogen-bond donors (Lipinski definition) is 2. The number of likely N-dealkylation sites (tertiary alicyclic amines) is 1. The van der Waals surface area contributed by atoms with Gasteiger partial charge in [-0.05, 0) is 106 Å². The lowest BCUT2D eigenvalue weighted by atomic mass is 9.92. The third-order valence-corrected chi connectivity index (χ3v) is 13.8. The zero-order valence-electron chi connectivity index (χ0n) is 30.8. The molecule has 0 saturated carbocycles. The number of nitrogens with one attached hydrogen (secondary N) is 1. The van der Waals surface area contributed by atoms with Gasteiger partial charge in [0.2, 0.25) is 11.8 Å². The molecule has 54 heavy (non-hydrogen) atoms. The topological polar surface area (TPSA) is 152 Å². The molecule has 3 fully saturated rings. The Kier molecular flexibility index (Phi) is 11.2. The minimum absolute atomic E-state index is 0.00516. The highest BCUT2D eigenvalue weighted by molar-refractivity contribution is 7.51. The van der Waals surface area contributed by atoms with Crippen molar-refractivity contribution in [1.29, 1.82) is 0 Å². The van der Waals surface area contributed by atoms with Crippen molar-refractivity contribution >= 4 is 52.6 Å². The quantitative estimate of drug-likeness (QED) is 0.147. The molecule has 0 bridgehead atoms. The Bertz CT molecular complexity index is 2060. The highest BCUT2D eigenvalue weighted by Crippen LogP contribution is 2.42. The van der Waals surface area contributed by atoms with Gasteiger partial charge in [-0.1, -0.05) is 30.3 Å². The highest BCUT2D eigenvalue weighted by Gasteiger charge is 2.47. The summed E-state index contributed by atoms with van der Waals surface area (Å²) in [5, 5.41) is 5.25. The number of esters is 1. The zero-order valence-corrected chi connectivity index (χ0v) is 32.5. The molecule has 3 aliphatic heterocycles. The first-order chi connectivity index (χ1) is 26.0. The van der Waals surface area contributed by atoms with Crippen molar-refractivity contribution in [3.63, 3.8) is 0 Å². The molecule has 2 aromatic heterocycles. The Hall–Kier alpha value is -4.58. The summed E-state index contributed by atoms with van der Waals surface area (Å²) in [5.74, 6) is -0.352. The molecule has 3 N–H and O–H groups in total. The number of carbonyl (C=O) groups excluding carboxylic acids is 4. The van der Waals surface area contributed by atoms with Crippen LogP contribution in [0.5, 0.6) is 5.75 Å². The maximum absolute atomic E-state index is 14.3. The van der Waals surface area contributed by atoms with Crippen LogP contribution in [-0.4, -0.2) is 81.8 Å². The molecule has 5 heterocycles. The first-order valence-corrected chi connectivity index (χ1v) is 21.4. The summed E-state index contributed by atoms with van der Waals surface area (Å²) in [6.45, 7) is 6.40. The minimum Gasteiger partial charge on any atom is -0.459 e. The normalized spacial score (nSPS) is 21.9. The van der Waals surface area contributed by atoms with E-state index in [0.29, 0.717) is 36.6 Å². The van der Waals surface area contributed by atoms with E-state index in [2.05, 4.69) is 10.3 Å². The van der Waals surface area contributed by atoms with Gasteiger partial charge in [0, 0.05) is 42.1 Å². The van der Waals surface area contributed by atoms with Crippen molar-refractivity contribution in [2.45, 2.75) is 95.2 Å². The molecule has 2 aromatic carbocycles. The van der Waals surface area contributed by atoms with E-state index in [1.165, 1.54) is 16.4 Å². The predicted octanol–water partition coefficient (Wildman–Crippen LogP) is 5.24. The molecule has 0 aliphatic carbocycles. The van der Waals surface area contributed by atoms with Gasteiger partial charge in [0.05, 0.1) is 11.0 Å². The van der Waals surface area contributed by atoms with E-state index < -0.39 is 31.6 Å². The number of rotatable bonds is 12. The number of nitrogens with two attached hydrogens (primary N) is 1. The van der Waals surface area contributed by atoms with Crippen molar-refractivity contribution < 1.29 is 38.1 Å². The van der Waals surface area contributed by atoms with Gasteiger partial charge in [-0.15, -0.1) is 11.3 Å². The number of fused-ring (bicyclic) bond motifs is 2. The van der Waals surface area contributed by atoms with E-state index in [9.17, 15) is 23.7 Å². The Morgan fingerprint density at radius 2 is 1.80 bits per heavy atom. The summed E-state index contributed by atoms with van der Waals surface area (Å²) < 4.78 is 26.6. The molecule has 0 spiro atoms. The van der Waals surface area contributed by atoms with Crippen molar-refractivity contribution in [3.8, 4) is 5.75 Å². The fourth-order valence-corrected chi connectivity index (χ4v) is 10.9. The summed E-state index contributed by atoms with van der Waals surface area (Å²) in [5.41, 5.74) is 1.83. The molecule has 5 atom stereocenters. The fraction of sp³-hybridized carbons (Fsp3) is 0.425. The van der Waals surface area contributed by atoms with Crippen LogP contribution in [-0.2, 0) is 29.8 Å². The lowest BCUT2D eigenvalue weighted by Gasteiger charge is -2.42. The van der Waals surface area contributed by atoms with Gasteiger partial charge >= 0.3 is 13.5 Å². The molecule has 0 radical (unpaired) electrons. The minimum atomic E-state index is -3.56. The molecule has 1 unspecified atom stereocenters. The van der Waals surface area contributed by atoms with Gasteiger partial charge in [0.15, 0.2) is 6.04 Å².